The minimum atomic E-state index is 0.150. The van der Waals surface area contributed by atoms with Crippen LogP contribution in [0.15, 0.2) is 31.8 Å². The third kappa shape index (κ3) is 3.35. The van der Waals surface area contributed by atoms with E-state index in [-0.39, 0.29) is 4.83 Å². The average Bonchev–Trinajstić information content (AvgIpc) is 2.55. The van der Waals surface area contributed by atoms with Crippen molar-refractivity contribution in [3.05, 3.63) is 53.6 Å². The van der Waals surface area contributed by atoms with Crippen molar-refractivity contribution < 1.29 is 0 Å². The van der Waals surface area contributed by atoms with Gasteiger partial charge in [-0.25, -0.2) is 0 Å². The maximum Gasteiger partial charge on any atom is 0.0757 e. The summed E-state index contributed by atoms with van der Waals surface area (Å²) in [6, 6.07) is 8.21. The van der Waals surface area contributed by atoms with Gasteiger partial charge in [0, 0.05) is 5.02 Å². The molecule has 2 rings (SSSR count). The molecule has 0 radical (unpaired) electrons. The normalized spacial score (nSPS) is 12.8. The summed E-state index contributed by atoms with van der Waals surface area (Å²) in [5, 5.41) is 0.773. The number of benzene rings is 1. The number of halogens is 4. The largest absolute Gasteiger partial charge is 0.121 e. The number of aryl methyl sites for hydroxylation is 1. The lowest BCUT2D eigenvalue weighted by Crippen LogP contribution is -1.92. The predicted octanol–water partition coefficient (Wildman–Crippen LogP) is 6.72. The Labute approximate surface area is 135 Å². The molecular weight excluding hydrogens is 451 g/mol. The van der Waals surface area contributed by atoms with Crippen molar-refractivity contribution in [1.29, 1.82) is 0 Å². The van der Waals surface area contributed by atoms with Gasteiger partial charge in [0.1, 0.15) is 0 Å². The third-order valence-electron chi connectivity index (χ3n) is 2.31. The minimum absolute atomic E-state index is 0.150. The zero-order valence-electron chi connectivity index (χ0n) is 8.81. The van der Waals surface area contributed by atoms with Crippen LogP contribution in [0.25, 0.3) is 0 Å². The van der Waals surface area contributed by atoms with Gasteiger partial charge in [0.15, 0.2) is 0 Å². The molecule has 0 saturated carbocycles. The van der Waals surface area contributed by atoms with Crippen LogP contribution in [0, 0.1) is 6.92 Å². The van der Waals surface area contributed by atoms with E-state index in [1.165, 1.54) is 16.7 Å². The minimum Gasteiger partial charge on any atom is -0.121 e. The smallest absolute Gasteiger partial charge is 0.0757 e. The van der Waals surface area contributed by atoms with Gasteiger partial charge < -0.3 is 0 Å². The summed E-state index contributed by atoms with van der Waals surface area (Å²) in [7, 11) is 0. The molecule has 0 amide bonds. The van der Waals surface area contributed by atoms with Crippen molar-refractivity contribution >= 4 is 70.7 Å². The van der Waals surface area contributed by atoms with Crippen molar-refractivity contribution in [3.63, 3.8) is 0 Å². The third-order valence-corrected chi connectivity index (χ3v) is 5.94. The van der Waals surface area contributed by atoms with Crippen LogP contribution in [0.4, 0.5) is 0 Å². The molecule has 0 aliphatic rings. The Morgan fingerprint density at radius 2 is 1.88 bits per heavy atom. The molecule has 1 unspecified atom stereocenters. The quantitative estimate of drug-likeness (QED) is 0.438. The number of alkyl halides is 1. The molecule has 0 spiro atoms. The topological polar surface area (TPSA) is 0 Å². The predicted molar refractivity (Wildman–Crippen MR) is 86.7 cm³/mol. The monoisotopic (exact) mass is 456 g/mol. The zero-order valence-corrected chi connectivity index (χ0v) is 15.1. The summed E-state index contributed by atoms with van der Waals surface area (Å²) < 4.78 is 2.24. The van der Waals surface area contributed by atoms with E-state index >= 15 is 0 Å². The van der Waals surface area contributed by atoms with Gasteiger partial charge in [0.05, 0.1) is 12.4 Å². The number of hydrogen-bond acceptors (Lipinski definition) is 1. The summed E-state index contributed by atoms with van der Waals surface area (Å²) in [6.45, 7) is 2.05. The summed E-state index contributed by atoms with van der Waals surface area (Å²) in [6.07, 6.45) is 0. The fourth-order valence-corrected chi connectivity index (χ4v) is 5.90. The van der Waals surface area contributed by atoms with Crippen molar-refractivity contribution in [1.82, 2.24) is 0 Å². The number of thiophene rings is 1. The van der Waals surface area contributed by atoms with Gasteiger partial charge in [0.25, 0.3) is 0 Å². The molecule has 17 heavy (non-hydrogen) atoms. The van der Waals surface area contributed by atoms with Crippen LogP contribution in [0.1, 0.15) is 21.5 Å². The molecule has 90 valence electrons. The second-order valence-corrected chi connectivity index (χ2v) is 8.81. The summed E-state index contributed by atoms with van der Waals surface area (Å²) in [5.41, 5.74) is 3.55. The van der Waals surface area contributed by atoms with E-state index in [0.29, 0.717) is 0 Å². The molecular formula is C12H8Br3ClS. The first-order valence-electron chi connectivity index (χ1n) is 4.83. The van der Waals surface area contributed by atoms with Crippen LogP contribution in [0.5, 0.6) is 0 Å². The molecule has 0 aliphatic carbocycles. The van der Waals surface area contributed by atoms with Gasteiger partial charge in [-0.05, 0) is 73.7 Å². The Morgan fingerprint density at radius 3 is 2.41 bits per heavy atom. The zero-order chi connectivity index (χ0) is 12.6. The van der Waals surface area contributed by atoms with Gasteiger partial charge in [0.2, 0.25) is 0 Å². The number of hydrogen-bond donors (Lipinski definition) is 0. The molecule has 5 heteroatoms. The van der Waals surface area contributed by atoms with Crippen molar-refractivity contribution in [2.75, 3.05) is 0 Å². The molecule has 0 N–H and O–H groups in total. The highest BCUT2D eigenvalue weighted by Gasteiger charge is 2.17. The standard InChI is InChI=1S/C12H8Br3ClS/c1-6-2-7(4-8(16)3-6)11(14)9-5-10(13)17-12(9)15/h2-5,11H,1H3. The van der Waals surface area contributed by atoms with Gasteiger partial charge >= 0.3 is 0 Å². The van der Waals surface area contributed by atoms with Crippen molar-refractivity contribution in [2.24, 2.45) is 0 Å². The maximum absolute atomic E-state index is 6.09. The first-order chi connectivity index (χ1) is 7.97. The van der Waals surface area contributed by atoms with Crippen molar-refractivity contribution in [3.8, 4) is 0 Å². The Bertz CT molecular complexity index is 530. The highest BCUT2D eigenvalue weighted by molar-refractivity contribution is 9.12. The summed E-state index contributed by atoms with van der Waals surface area (Å²) in [4.78, 5) is 0.150. The average molecular weight is 459 g/mol. The van der Waals surface area contributed by atoms with E-state index in [0.717, 1.165) is 12.6 Å². The fourth-order valence-electron chi connectivity index (χ4n) is 1.62. The van der Waals surface area contributed by atoms with Crippen molar-refractivity contribution in [2.45, 2.75) is 11.8 Å². The van der Waals surface area contributed by atoms with Crippen LogP contribution in [0.3, 0.4) is 0 Å². The van der Waals surface area contributed by atoms with Crippen LogP contribution < -0.4 is 0 Å². The van der Waals surface area contributed by atoms with Crippen LogP contribution in [-0.2, 0) is 0 Å². The van der Waals surface area contributed by atoms with Crippen LogP contribution in [-0.4, -0.2) is 0 Å². The SMILES string of the molecule is Cc1cc(Cl)cc(C(Br)c2cc(Br)sc2Br)c1. The second-order valence-electron chi connectivity index (χ2n) is 3.70. The molecule has 2 aromatic rings. The molecule has 1 aromatic heterocycles. The number of rotatable bonds is 2. The lowest BCUT2D eigenvalue weighted by molar-refractivity contribution is 1.17. The van der Waals surface area contributed by atoms with E-state index in [1.54, 1.807) is 11.3 Å². The fraction of sp³-hybridized carbons (Fsp3) is 0.167. The highest BCUT2D eigenvalue weighted by Crippen LogP contribution is 2.42. The first-order valence-corrected chi connectivity index (χ1v) is 8.53. The van der Waals surface area contributed by atoms with E-state index < -0.39 is 0 Å². The summed E-state index contributed by atoms with van der Waals surface area (Å²) in [5.74, 6) is 0. The van der Waals surface area contributed by atoms with E-state index in [2.05, 4.69) is 59.9 Å². The van der Waals surface area contributed by atoms with Crippen LogP contribution >= 0.6 is 70.7 Å². The Hall–Kier alpha value is 0.650. The molecule has 0 fully saturated rings. The van der Waals surface area contributed by atoms with E-state index in [1.807, 2.05) is 19.1 Å². The van der Waals surface area contributed by atoms with Gasteiger partial charge in [-0.1, -0.05) is 33.6 Å². The highest BCUT2D eigenvalue weighted by atomic mass is 79.9. The first kappa shape index (κ1) is 14.1. The van der Waals surface area contributed by atoms with Gasteiger partial charge in [-0.15, -0.1) is 11.3 Å². The molecule has 0 bridgehead atoms. The lowest BCUT2D eigenvalue weighted by atomic mass is 10.1. The Kier molecular flexibility index (Phi) is 4.75. The molecule has 0 saturated heterocycles. The molecule has 1 heterocycles. The van der Waals surface area contributed by atoms with Gasteiger partial charge in [-0.2, -0.15) is 0 Å². The molecule has 1 aromatic carbocycles. The second kappa shape index (κ2) is 5.74. The summed E-state index contributed by atoms with van der Waals surface area (Å²) >= 11 is 18.6. The van der Waals surface area contributed by atoms with Crippen LogP contribution in [0.2, 0.25) is 5.02 Å². The molecule has 0 aliphatic heterocycles. The van der Waals surface area contributed by atoms with E-state index in [9.17, 15) is 0 Å². The Balaban J connectivity index is 2.43. The molecule has 0 nitrogen and oxygen atoms in total. The van der Waals surface area contributed by atoms with Gasteiger partial charge in [-0.3, -0.25) is 0 Å². The molecule has 1 atom stereocenters. The lowest BCUT2D eigenvalue weighted by Gasteiger charge is -2.11. The van der Waals surface area contributed by atoms with E-state index in [4.69, 9.17) is 11.6 Å². The Morgan fingerprint density at radius 1 is 1.18 bits per heavy atom. The maximum atomic E-state index is 6.09.